The van der Waals surface area contributed by atoms with Crippen LogP contribution in [0.1, 0.15) is 28.4 Å². The highest BCUT2D eigenvalue weighted by molar-refractivity contribution is 7.91. The monoisotopic (exact) mass is 464 g/mol. The van der Waals surface area contributed by atoms with Crippen LogP contribution in [0.3, 0.4) is 0 Å². The third kappa shape index (κ3) is 4.63. The van der Waals surface area contributed by atoms with Crippen LogP contribution in [-0.2, 0) is 31.8 Å². The minimum Gasteiger partial charge on any atom is -0.478 e. The lowest BCUT2D eigenvalue weighted by Gasteiger charge is -2.14. The summed E-state index contributed by atoms with van der Waals surface area (Å²) in [4.78, 5) is 12.1. The van der Waals surface area contributed by atoms with Gasteiger partial charge in [0.15, 0.2) is 19.7 Å². The summed E-state index contributed by atoms with van der Waals surface area (Å²) in [6, 6.07) is 12.2. The van der Waals surface area contributed by atoms with Crippen LogP contribution in [0.2, 0.25) is 0 Å². The largest absolute Gasteiger partial charge is 0.478 e. The Hall–Kier alpha value is -2.49. The Morgan fingerprint density at radius 3 is 2.30 bits per heavy atom. The van der Waals surface area contributed by atoms with E-state index in [9.17, 15) is 26.7 Å². The number of aryl methyl sites for hydroxylation is 1. The standard InChI is InChI=1S/C21H20O6S3/c1-3-14-6-7-15(21(22)23)12-20(14)30(26,27)13-16-11-17(29(2,24)25)8-9-18(16)19-5-4-10-28-19/h4-12H,3,13H2,1-2H3,(H,22,23). The van der Waals surface area contributed by atoms with Crippen LogP contribution < -0.4 is 0 Å². The lowest BCUT2D eigenvalue weighted by atomic mass is 10.1. The molecule has 0 saturated carbocycles. The van der Waals surface area contributed by atoms with Gasteiger partial charge in [-0.05, 0) is 58.8 Å². The number of sulfone groups is 2. The molecule has 0 bridgehead atoms. The molecule has 0 spiro atoms. The Labute approximate surface area is 179 Å². The number of benzene rings is 2. The van der Waals surface area contributed by atoms with E-state index in [1.165, 1.54) is 41.7 Å². The van der Waals surface area contributed by atoms with E-state index in [4.69, 9.17) is 0 Å². The minimum absolute atomic E-state index is 0.0306. The Morgan fingerprint density at radius 2 is 1.73 bits per heavy atom. The first kappa shape index (κ1) is 22.2. The van der Waals surface area contributed by atoms with Crippen molar-refractivity contribution < 1.29 is 26.7 Å². The molecule has 0 fully saturated rings. The summed E-state index contributed by atoms with van der Waals surface area (Å²) in [5.41, 5.74) is 1.38. The number of thiophene rings is 1. The Balaban J connectivity index is 2.17. The van der Waals surface area contributed by atoms with Gasteiger partial charge in [-0.15, -0.1) is 11.3 Å². The summed E-state index contributed by atoms with van der Waals surface area (Å²) in [6.07, 6.45) is 1.48. The molecule has 6 nitrogen and oxygen atoms in total. The lowest BCUT2D eigenvalue weighted by molar-refractivity contribution is 0.0696. The smallest absolute Gasteiger partial charge is 0.335 e. The normalized spacial score (nSPS) is 12.1. The van der Waals surface area contributed by atoms with Crippen molar-refractivity contribution in [1.82, 2.24) is 0 Å². The van der Waals surface area contributed by atoms with Crippen molar-refractivity contribution in [3.8, 4) is 10.4 Å². The SMILES string of the molecule is CCc1ccc(C(=O)O)cc1S(=O)(=O)Cc1cc(S(C)(=O)=O)ccc1-c1cccs1. The number of aromatic carboxylic acids is 1. The van der Waals surface area contributed by atoms with Gasteiger partial charge >= 0.3 is 5.97 Å². The van der Waals surface area contributed by atoms with Crippen molar-refractivity contribution in [2.24, 2.45) is 0 Å². The maximum Gasteiger partial charge on any atom is 0.335 e. The minimum atomic E-state index is -3.94. The van der Waals surface area contributed by atoms with E-state index in [1.807, 2.05) is 17.5 Å². The Morgan fingerprint density at radius 1 is 1.00 bits per heavy atom. The van der Waals surface area contributed by atoms with Gasteiger partial charge in [0.05, 0.1) is 21.1 Å². The van der Waals surface area contributed by atoms with E-state index in [1.54, 1.807) is 13.0 Å². The molecule has 0 aliphatic rings. The van der Waals surface area contributed by atoms with Crippen LogP contribution in [0.15, 0.2) is 63.7 Å². The van der Waals surface area contributed by atoms with Gasteiger partial charge < -0.3 is 5.11 Å². The average Bonchev–Trinajstić information content (AvgIpc) is 3.20. The zero-order chi connectivity index (χ0) is 22.1. The number of hydrogen-bond acceptors (Lipinski definition) is 6. The molecule has 2 aromatic carbocycles. The average molecular weight is 465 g/mol. The summed E-state index contributed by atoms with van der Waals surface area (Å²) in [5.74, 6) is -1.66. The summed E-state index contributed by atoms with van der Waals surface area (Å²) >= 11 is 1.42. The van der Waals surface area contributed by atoms with Crippen molar-refractivity contribution in [1.29, 1.82) is 0 Å². The molecule has 1 aromatic heterocycles. The first-order valence-electron chi connectivity index (χ1n) is 8.99. The van der Waals surface area contributed by atoms with Crippen LogP contribution in [0.4, 0.5) is 0 Å². The van der Waals surface area contributed by atoms with Crippen molar-refractivity contribution in [2.45, 2.75) is 28.9 Å². The summed E-state index contributed by atoms with van der Waals surface area (Å²) in [7, 11) is -7.47. The van der Waals surface area contributed by atoms with Crippen LogP contribution in [-0.4, -0.2) is 34.2 Å². The summed E-state index contributed by atoms with van der Waals surface area (Å²) in [6.45, 7) is 1.79. The second-order valence-corrected chi connectivity index (χ2v) is 11.7. The van der Waals surface area contributed by atoms with E-state index >= 15 is 0 Å². The number of rotatable bonds is 7. The molecular formula is C21H20O6S3. The maximum atomic E-state index is 13.3. The van der Waals surface area contributed by atoms with E-state index in [-0.39, 0.29) is 15.4 Å². The molecule has 158 valence electrons. The van der Waals surface area contributed by atoms with E-state index in [0.29, 0.717) is 23.1 Å². The third-order valence-corrected chi connectivity index (χ3v) is 8.42. The molecular weight excluding hydrogens is 444 g/mol. The van der Waals surface area contributed by atoms with Crippen LogP contribution >= 0.6 is 11.3 Å². The zero-order valence-corrected chi connectivity index (χ0v) is 18.8. The zero-order valence-electron chi connectivity index (χ0n) is 16.3. The molecule has 0 radical (unpaired) electrons. The first-order valence-corrected chi connectivity index (χ1v) is 13.4. The second kappa shape index (κ2) is 8.33. The van der Waals surface area contributed by atoms with Gasteiger partial charge in [0.1, 0.15) is 0 Å². The van der Waals surface area contributed by atoms with Gasteiger partial charge in [0.25, 0.3) is 0 Å². The van der Waals surface area contributed by atoms with Gasteiger partial charge in [0, 0.05) is 11.1 Å². The van der Waals surface area contributed by atoms with Crippen LogP contribution in [0.25, 0.3) is 10.4 Å². The molecule has 0 atom stereocenters. The third-order valence-electron chi connectivity index (χ3n) is 4.67. The van der Waals surface area contributed by atoms with Gasteiger partial charge in [-0.3, -0.25) is 0 Å². The van der Waals surface area contributed by atoms with E-state index in [0.717, 1.165) is 11.1 Å². The topological polar surface area (TPSA) is 106 Å². The molecule has 0 aliphatic heterocycles. The van der Waals surface area contributed by atoms with Crippen LogP contribution in [0, 0.1) is 0 Å². The molecule has 0 unspecified atom stereocenters. The second-order valence-electron chi connectivity index (χ2n) is 6.81. The highest BCUT2D eigenvalue weighted by Gasteiger charge is 2.24. The van der Waals surface area contributed by atoms with Crippen molar-refractivity contribution >= 4 is 37.0 Å². The fraction of sp³-hybridized carbons (Fsp3) is 0.190. The van der Waals surface area contributed by atoms with Gasteiger partial charge in [-0.25, -0.2) is 21.6 Å². The molecule has 3 aromatic rings. The highest BCUT2D eigenvalue weighted by atomic mass is 32.2. The summed E-state index contributed by atoms with van der Waals surface area (Å²) < 4.78 is 50.7. The lowest BCUT2D eigenvalue weighted by Crippen LogP contribution is -2.11. The van der Waals surface area contributed by atoms with Crippen molar-refractivity contribution in [3.05, 3.63) is 70.6 Å². The molecule has 1 heterocycles. The molecule has 0 aliphatic carbocycles. The number of hydrogen-bond donors (Lipinski definition) is 1. The number of carboxylic acids is 1. The molecule has 30 heavy (non-hydrogen) atoms. The van der Waals surface area contributed by atoms with E-state index < -0.39 is 31.4 Å². The van der Waals surface area contributed by atoms with Gasteiger partial charge in [-0.1, -0.05) is 25.1 Å². The number of carbonyl (C=O) groups is 1. The molecule has 0 saturated heterocycles. The maximum absolute atomic E-state index is 13.3. The Kier molecular flexibility index (Phi) is 6.16. The fourth-order valence-corrected chi connectivity index (χ4v) is 6.32. The van der Waals surface area contributed by atoms with Gasteiger partial charge in [-0.2, -0.15) is 0 Å². The van der Waals surface area contributed by atoms with Crippen molar-refractivity contribution in [3.63, 3.8) is 0 Å². The Bertz CT molecular complexity index is 1300. The molecule has 3 rings (SSSR count). The van der Waals surface area contributed by atoms with Crippen LogP contribution in [0.5, 0.6) is 0 Å². The fourth-order valence-electron chi connectivity index (χ4n) is 3.14. The number of carboxylic acid groups (broad SMARTS) is 1. The predicted molar refractivity (Wildman–Crippen MR) is 117 cm³/mol. The highest BCUT2D eigenvalue weighted by Crippen LogP contribution is 2.33. The quantitative estimate of drug-likeness (QED) is 0.565. The van der Waals surface area contributed by atoms with Gasteiger partial charge in [0.2, 0.25) is 0 Å². The van der Waals surface area contributed by atoms with E-state index in [2.05, 4.69) is 0 Å². The molecule has 0 amide bonds. The molecule has 9 heteroatoms. The van der Waals surface area contributed by atoms with Crippen molar-refractivity contribution in [2.75, 3.05) is 6.26 Å². The molecule has 1 N–H and O–H groups in total. The first-order chi connectivity index (χ1) is 14.0. The summed E-state index contributed by atoms with van der Waals surface area (Å²) in [5, 5.41) is 11.1. The predicted octanol–water partition coefficient (Wildman–Crippen LogP) is 4.05.